The highest BCUT2D eigenvalue weighted by Crippen LogP contribution is 2.29. The van der Waals surface area contributed by atoms with E-state index in [0.717, 1.165) is 5.82 Å². The molecule has 2 N–H and O–H groups in total. The molecule has 2 aliphatic heterocycles. The molecule has 1 aromatic heterocycles. The molecule has 0 saturated carbocycles. The average molecular weight is 471 g/mol. The molecule has 1 atom stereocenters. The van der Waals surface area contributed by atoms with Crippen molar-refractivity contribution in [1.29, 1.82) is 0 Å². The Kier molecular flexibility index (Phi) is 6.92. The first kappa shape index (κ1) is 23.4. The van der Waals surface area contributed by atoms with Gasteiger partial charge >= 0.3 is 6.09 Å². The number of carbonyl (C=O) groups is 3. The number of piperazine rings is 1. The highest BCUT2D eigenvalue weighted by atomic mass is 19.1. The van der Waals surface area contributed by atoms with E-state index in [2.05, 4.69) is 10.3 Å². The lowest BCUT2D eigenvalue weighted by molar-refractivity contribution is -0.134. The van der Waals surface area contributed by atoms with Crippen LogP contribution in [0.3, 0.4) is 0 Å². The fourth-order valence-electron chi connectivity index (χ4n) is 3.95. The lowest BCUT2D eigenvalue weighted by Gasteiger charge is -2.35. The maximum absolute atomic E-state index is 14.9. The minimum Gasteiger partial charge on any atom is -0.423 e. The van der Waals surface area contributed by atoms with Gasteiger partial charge in [0.05, 0.1) is 12.2 Å². The SMILES string of the molecule is CCC(=O)NC1CN(c2ccc(-c3ccc(N4CCN(C(=O)CO)CC4)nc3)c(F)c2)C(=O)O1. The number of cyclic esters (lactones) is 1. The molecule has 0 aliphatic carbocycles. The van der Waals surface area contributed by atoms with Crippen LogP contribution < -0.4 is 15.1 Å². The second-order valence-corrected chi connectivity index (χ2v) is 8.00. The molecule has 4 rings (SSSR count). The van der Waals surface area contributed by atoms with Crippen LogP contribution in [0, 0.1) is 5.82 Å². The first-order valence-electron chi connectivity index (χ1n) is 11.1. The number of anilines is 2. The first-order chi connectivity index (χ1) is 16.4. The van der Waals surface area contributed by atoms with Gasteiger partial charge in [-0.05, 0) is 30.3 Å². The molecule has 11 heteroatoms. The summed E-state index contributed by atoms with van der Waals surface area (Å²) in [6.45, 7) is 3.48. The van der Waals surface area contributed by atoms with E-state index >= 15 is 0 Å². The molecule has 0 spiro atoms. The smallest absolute Gasteiger partial charge is 0.416 e. The van der Waals surface area contributed by atoms with Gasteiger partial charge < -0.3 is 25.0 Å². The largest absolute Gasteiger partial charge is 0.423 e. The third-order valence-corrected chi connectivity index (χ3v) is 5.87. The molecule has 1 aromatic carbocycles. The Hall–Kier alpha value is -3.73. The topological polar surface area (TPSA) is 115 Å². The molecule has 3 heterocycles. The molecule has 2 aliphatic rings. The molecule has 10 nitrogen and oxygen atoms in total. The van der Waals surface area contributed by atoms with Crippen LogP contribution in [0.4, 0.5) is 20.7 Å². The van der Waals surface area contributed by atoms with Gasteiger partial charge in [0.1, 0.15) is 18.2 Å². The van der Waals surface area contributed by atoms with Crippen LogP contribution >= 0.6 is 0 Å². The van der Waals surface area contributed by atoms with Crippen molar-refractivity contribution in [3.63, 3.8) is 0 Å². The maximum Gasteiger partial charge on any atom is 0.416 e. The molecular formula is C23H26FN5O5. The zero-order valence-electron chi connectivity index (χ0n) is 18.7. The predicted molar refractivity (Wildman–Crippen MR) is 122 cm³/mol. The monoisotopic (exact) mass is 471 g/mol. The lowest BCUT2D eigenvalue weighted by atomic mass is 10.1. The van der Waals surface area contributed by atoms with Gasteiger partial charge in [-0.3, -0.25) is 14.5 Å². The quantitative estimate of drug-likeness (QED) is 0.653. The van der Waals surface area contributed by atoms with Crippen molar-refractivity contribution in [1.82, 2.24) is 15.2 Å². The van der Waals surface area contributed by atoms with Crippen LogP contribution in [0.15, 0.2) is 36.5 Å². The fourth-order valence-corrected chi connectivity index (χ4v) is 3.95. The number of carbonyl (C=O) groups excluding carboxylic acids is 3. The molecule has 2 aromatic rings. The minimum absolute atomic E-state index is 0.0940. The summed E-state index contributed by atoms with van der Waals surface area (Å²) < 4.78 is 20.1. The summed E-state index contributed by atoms with van der Waals surface area (Å²) >= 11 is 0. The number of halogens is 1. The van der Waals surface area contributed by atoms with E-state index < -0.39 is 24.7 Å². The second kappa shape index (κ2) is 10.0. The van der Waals surface area contributed by atoms with Gasteiger partial charge in [0.15, 0.2) is 6.23 Å². The van der Waals surface area contributed by atoms with Crippen molar-refractivity contribution in [2.45, 2.75) is 19.6 Å². The van der Waals surface area contributed by atoms with Crippen LogP contribution in [0.1, 0.15) is 13.3 Å². The van der Waals surface area contributed by atoms with E-state index in [1.54, 1.807) is 42.3 Å². The van der Waals surface area contributed by atoms with E-state index in [4.69, 9.17) is 9.84 Å². The number of benzene rings is 1. The van der Waals surface area contributed by atoms with E-state index in [-0.39, 0.29) is 24.8 Å². The summed E-state index contributed by atoms with van der Waals surface area (Å²) in [5.74, 6) is -0.322. The Morgan fingerprint density at radius 3 is 2.59 bits per heavy atom. The lowest BCUT2D eigenvalue weighted by Crippen LogP contribution is -2.49. The zero-order valence-corrected chi connectivity index (χ0v) is 18.7. The maximum atomic E-state index is 14.9. The van der Waals surface area contributed by atoms with Gasteiger partial charge in [0.2, 0.25) is 11.8 Å². The van der Waals surface area contributed by atoms with Crippen LogP contribution in [0.2, 0.25) is 0 Å². The van der Waals surface area contributed by atoms with Gasteiger partial charge in [-0.15, -0.1) is 0 Å². The summed E-state index contributed by atoms with van der Waals surface area (Å²) in [5.41, 5.74) is 1.25. The van der Waals surface area contributed by atoms with Crippen LogP contribution in [0.5, 0.6) is 0 Å². The number of hydrogen-bond donors (Lipinski definition) is 2. The number of aliphatic hydroxyl groups excluding tert-OH is 1. The summed E-state index contributed by atoms with van der Waals surface area (Å²) in [7, 11) is 0. The normalized spacial score (nSPS) is 18.1. The molecule has 2 saturated heterocycles. The van der Waals surface area contributed by atoms with Crippen molar-refractivity contribution in [3.05, 3.63) is 42.3 Å². The Balaban J connectivity index is 1.42. The van der Waals surface area contributed by atoms with E-state index in [1.165, 1.54) is 11.0 Å². The van der Waals surface area contributed by atoms with Crippen molar-refractivity contribution < 1.29 is 28.6 Å². The van der Waals surface area contributed by atoms with Crippen LogP contribution in [-0.4, -0.2) is 78.5 Å². The number of rotatable bonds is 6. The van der Waals surface area contributed by atoms with Crippen molar-refractivity contribution in [2.24, 2.45) is 0 Å². The van der Waals surface area contributed by atoms with Gasteiger partial charge in [0.25, 0.3) is 0 Å². The molecule has 0 bridgehead atoms. The number of ether oxygens (including phenoxy) is 1. The van der Waals surface area contributed by atoms with E-state index in [1.807, 2.05) is 4.90 Å². The highest BCUT2D eigenvalue weighted by molar-refractivity contribution is 5.90. The molecule has 0 radical (unpaired) electrons. The van der Waals surface area contributed by atoms with Crippen molar-refractivity contribution in [3.8, 4) is 11.1 Å². The fraction of sp³-hybridized carbons (Fsp3) is 0.391. The van der Waals surface area contributed by atoms with Gasteiger partial charge in [-0.25, -0.2) is 14.2 Å². The summed E-state index contributed by atoms with van der Waals surface area (Å²) in [6.07, 6.45) is 0.423. The third kappa shape index (κ3) is 4.93. The van der Waals surface area contributed by atoms with Crippen molar-refractivity contribution in [2.75, 3.05) is 49.1 Å². The van der Waals surface area contributed by atoms with E-state index in [9.17, 15) is 18.8 Å². The number of nitrogens with zero attached hydrogens (tertiary/aromatic N) is 4. The van der Waals surface area contributed by atoms with Crippen molar-refractivity contribution >= 4 is 29.4 Å². The summed E-state index contributed by atoms with van der Waals surface area (Å²) in [4.78, 5) is 44.7. The molecule has 3 amide bonds. The molecule has 180 valence electrons. The van der Waals surface area contributed by atoms with Crippen LogP contribution in [-0.2, 0) is 14.3 Å². The standard InChI is InChI=1S/C23H26FN5O5/c1-2-20(31)26-21-13-29(23(33)34-21)16-4-5-17(18(24)11-16)15-3-6-19(25-12-15)27-7-9-28(10-8-27)22(32)14-30/h3-6,11-12,21,30H,2,7-10,13-14H2,1H3,(H,26,31). The third-order valence-electron chi connectivity index (χ3n) is 5.87. The average Bonchev–Trinajstić information content (AvgIpc) is 3.23. The predicted octanol–water partition coefficient (Wildman–Crippen LogP) is 1.34. The molecular weight excluding hydrogens is 445 g/mol. The first-order valence-corrected chi connectivity index (χ1v) is 11.1. The Morgan fingerprint density at radius 2 is 1.97 bits per heavy atom. The zero-order chi connectivity index (χ0) is 24.2. The number of nitrogens with one attached hydrogen (secondary N) is 1. The molecule has 2 fully saturated rings. The summed E-state index contributed by atoms with van der Waals surface area (Å²) in [5, 5.41) is 11.6. The number of hydrogen-bond acceptors (Lipinski definition) is 7. The molecule has 34 heavy (non-hydrogen) atoms. The Bertz CT molecular complexity index is 1070. The van der Waals surface area contributed by atoms with Gasteiger partial charge in [-0.2, -0.15) is 0 Å². The van der Waals surface area contributed by atoms with E-state index in [0.29, 0.717) is 43.0 Å². The molecule has 1 unspecified atom stereocenters. The van der Waals surface area contributed by atoms with Gasteiger partial charge in [-0.1, -0.05) is 6.92 Å². The van der Waals surface area contributed by atoms with Crippen LogP contribution in [0.25, 0.3) is 11.1 Å². The Morgan fingerprint density at radius 1 is 1.21 bits per heavy atom. The number of aliphatic hydroxyl groups is 1. The highest BCUT2D eigenvalue weighted by Gasteiger charge is 2.33. The van der Waals surface area contributed by atoms with Gasteiger partial charge in [0, 0.05) is 49.9 Å². The Labute approximate surface area is 195 Å². The number of pyridine rings is 1. The number of amides is 3. The number of aromatic nitrogens is 1. The minimum atomic E-state index is -0.775. The second-order valence-electron chi connectivity index (χ2n) is 8.00. The summed E-state index contributed by atoms with van der Waals surface area (Å²) in [6, 6.07) is 8.02.